The molecule has 0 unspecified atom stereocenters. The van der Waals surface area contributed by atoms with Crippen LogP contribution in [0.5, 0.6) is 11.5 Å². The van der Waals surface area contributed by atoms with Crippen LogP contribution in [0.4, 0.5) is 5.69 Å². The van der Waals surface area contributed by atoms with Crippen LogP contribution in [0.2, 0.25) is 0 Å². The number of hydrogen-bond acceptors (Lipinski definition) is 6. The lowest BCUT2D eigenvalue weighted by Crippen LogP contribution is -2.42. The number of nitrogens with one attached hydrogen (secondary N) is 2. The SMILES string of the molecule is COc1cc([C@H]2CNCCN2)c([N+](=O)[O-])cc1OC. The molecule has 19 heavy (non-hydrogen) atoms. The van der Waals surface area contributed by atoms with Crippen molar-refractivity contribution in [2.45, 2.75) is 6.04 Å². The molecule has 1 saturated heterocycles. The lowest BCUT2D eigenvalue weighted by Gasteiger charge is -2.25. The molecule has 1 aliphatic heterocycles. The summed E-state index contributed by atoms with van der Waals surface area (Å²) in [4.78, 5) is 10.8. The molecular formula is C12H17N3O4. The van der Waals surface area contributed by atoms with Gasteiger partial charge in [0.1, 0.15) is 0 Å². The summed E-state index contributed by atoms with van der Waals surface area (Å²) in [7, 11) is 2.97. The largest absolute Gasteiger partial charge is 0.493 e. The first kappa shape index (κ1) is 13.6. The highest BCUT2D eigenvalue weighted by atomic mass is 16.6. The third-order valence-electron chi connectivity index (χ3n) is 3.15. The quantitative estimate of drug-likeness (QED) is 0.621. The second kappa shape index (κ2) is 5.85. The molecule has 2 rings (SSSR count). The van der Waals surface area contributed by atoms with E-state index in [1.54, 1.807) is 6.07 Å². The lowest BCUT2D eigenvalue weighted by molar-refractivity contribution is -0.385. The second-order valence-corrected chi connectivity index (χ2v) is 4.23. The molecule has 2 N–H and O–H groups in total. The molecule has 1 fully saturated rings. The van der Waals surface area contributed by atoms with E-state index in [0.717, 1.165) is 13.1 Å². The molecule has 0 amide bonds. The van der Waals surface area contributed by atoms with E-state index in [9.17, 15) is 10.1 Å². The number of ether oxygens (including phenoxy) is 2. The molecule has 1 aromatic rings. The molecule has 0 spiro atoms. The number of nitrogens with zero attached hydrogens (tertiary/aromatic N) is 1. The number of benzene rings is 1. The molecule has 7 nitrogen and oxygen atoms in total. The van der Waals surface area contributed by atoms with E-state index >= 15 is 0 Å². The van der Waals surface area contributed by atoms with Crippen LogP contribution in [0.25, 0.3) is 0 Å². The van der Waals surface area contributed by atoms with Gasteiger partial charge in [-0.25, -0.2) is 0 Å². The van der Waals surface area contributed by atoms with Crippen LogP contribution in [0, 0.1) is 10.1 Å². The Kier molecular flexibility index (Phi) is 4.18. The van der Waals surface area contributed by atoms with Crippen molar-refractivity contribution in [1.29, 1.82) is 0 Å². The van der Waals surface area contributed by atoms with Crippen LogP contribution in [0.1, 0.15) is 11.6 Å². The molecule has 0 bridgehead atoms. The summed E-state index contributed by atoms with van der Waals surface area (Å²) in [5.74, 6) is 0.859. The highest BCUT2D eigenvalue weighted by Gasteiger charge is 2.26. The number of rotatable bonds is 4. The van der Waals surface area contributed by atoms with Gasteiger partial charge in [-0.3, -0.25) is 10.1 Å². The molecule has 0 aromatic heterocycles. The molecule has 7 heteroatoms. The molecule has 1 aromatic carbocycles. The zero-order valence-electron chi connectivity index (χ0n) is 10.9. The van der Waals surface area contributed by atoms with Crippen LogP contribution < -0.4 is 20.1 Å². The Morgan fingerprint density at radius 1 is 1.26 bits per heavy atom. The van der Waals surface area contributed by atoms with E-state index in [4.69, 9.17) is 9.47 Å². The summed E-state index contributed by atoms with van der Waals surface area (Å²) in [6.45, 7) is 2.28. The van der Waals surface area contributed by atoms with Crippen LogP contribution in [0.15, 0.2) is 12.1 Å². The van der Waals surface area contributed by atoms with Crippen molar-refractivity contribution in [1.82, 2.24) is 10.6 Å². The minimum Gasteiger partial charge on any atom is -0.493 e. The van der Waals surface area contributed by atoms with Gasteiger partial charge in [0, 0.05) is 19.6 Å². The fourth-order valence-corrected chi connectivity index (χ4v) is 2.19. The van der Waals surface area contributed by atoms with Crippen molar-refractivity contribution < 1.29 is 14.4 Å². The fraction of sp³-hybridized carbons (Fsp3) is 0.500. The van der Waals surface area contributed by atoms with Crippen LogP contribution in [-0.4, -0.2) is 38.8 Å². The number of nitro benzene ring substituents is 1. The lowest BCUT2D eigenvalue weighted by atomic mass is 10.0. The zero-order chi connectivity index (χ0) is 13.8. The number of methoxy groups -OCH3 is 2. The normalized spacial score (nSPS) is 18.9. The first-order valence-corrected chi connectivity index (χ1v) is 6.01. The van der Waals surface area contributed by atoms with Crippen molar-refractivity contribution >= 4 is 5.69 Å². The third kappa shape index (κ3) is 2.77. The smallest absolute Gasteiger partial charge is 0.278 e. The van der Waals surface area contributed by atoms with Crippen molar-refractivity contribution in [2.75, 3.05) is 33.9 Å². The highest BCUT2D eigenvalue weighted by Crippen LogP contribution is 2.37. The second-order valence-electron chi connectivity index (χ2n) is 4.23. The van der Waals surface area contributed by atoms with Crippen molar-refractivity contribution in [3.63, 3.8) is 0 Å². The Labute approximate surface area is 111 Å². The summed E-state index contributed by atoms with van der Waals surface area (Å²) >= 11 is 0. The van der Waals surface area contributed by atoms with E-state index in [0.29, 0.717) is 23.6 Å². The Morgan fingerprint density at radius 2 is 1.95 bits per heavy atom. The van der Waals surface area contributed by atoms with Gasteiger partial charge in [0.2, 0.25) is 0 Å². The van der Waals surface area contributed by atoms with Gasteiger partial charge in [0.15, 0.2) is 11.5 Å². The maximum Gasteiger partial charge on any atom is 0.278 e. The van der Waals surface area contributed by atoms with Gasteiger partial charge in [-0.1, -0.05) is 0 Å². The van der Waals surface area contributed by atoms with E-state index in [1.807, 2.05) is 0 Å². The number of nitro groups is 1. The topological polar surface area (TPSA) is 85.7 Å². The number of piperazine rings is 1. The van der Waals surface area contributed by atoms with Gasteiger partial charge in [-0.05, 0) is 6.07 Å². The van der Waals surface area contributed by atoms with Gasteiger partial charge in [0.25, 0.3) is 5.69 Å². The van der Waals surface area contributed by atoms with Gasteiger partial charge >= 0.3 is 0 Å². The van der Waals surface area contributed by atoms with Gasteiger partial charge in [0.05, 0.1) is 36.8 Å². The molecule has 0 saturated carbocycles. The Balaban J connectivity index is 2.46. The van der Waals surface area contributed by atoms with Gasteiger partial charge in [-0.2, -0.15) is 0 Å². The zero-order valence-corrected chi connectivity index (χ0v) is 10.9. The van der Waals surface area contributed by atoms with E-state index in [2.05, 4.69) is 10.6 Å². The molecule has 1 atom stereocenters. The van der Waals surface area contributed by atoms with Crippen LogP contribution in [-0.2, 0) is 0 Å². The van der Waals surface area contributed by atoms with E-state index in [-0.39, 0.29) is 11.7 Å². The summed E-state index contributed by atoms with van der Waals surface area (Å²) in [5.41, 5.74) is 0.647. The first-order valence-electron chi connectivity index (χ1n) is 6.01. The maximum absolute atomic E-state index is 11.2. The summed E-state index contributed by atoms with van der Waals surface area (Å²) in [6.07, 6.45) is 0. The minimum atomic E-state index is -0.395. The molecule has 104 valence electrons. The van der Waals surface area contributed by atoms with Crippen LogP contribution in [0.3, 0.4) is 0 Å². The Bertz CT molecular complexity index is 472. The highest BCUT2D eigenvalue weighted by molar-refractivity contribution is 5.55. The molecule has 1 heterocycles. The van der Waals surface area contributed by atoms with Gasteiger partial charge < -0.3 is 20.1 Å². The van der Waals surface area contributed by atoms with Crippen molar-refractivity contribution in [3.8, 4) is 11.5 Å². The van der Waals surface area contributed by atoms with Crippen LogP contribution >= 0.6 is 0 Å². The summed E-state index contributed by atoms with van der Waals surface area (Å²) in [6, 6.07) is 2.97. The van der Waals surface area contributed by atoms with E-state index < -0.39 is 4.92 Å². The molecule has 1 aliphatic rings. The van der Waals surface area contributed by atoms with Gasteiger partial charge in [-0.15, -0.1) is 0 Å². The summed E-state index contributed by atoms with van der Waals surface area (Å²) in [5, 5.41) is 17.7. The predicted octanol–water partition coefficient (Wildman–Crippen LogP) is 0.846. The van der Waals surface area contributed by atoms with Crippen molar-refractivity contribution in [3.05, 3.63) is 27.8 Å². The van der Waals surface area contributed by atoms with E-state index in [1.165, 1.54) is 20.3 Å². The molecule has 0 aliphatic carbocycles. The average molecular weight is 267 g/mol. The number of hydrogen-bond donors (Lipinski definition) is 2. The summed E-state index contributed by atoms with van der Waals surface area (Å²) < 4.78 is 10.3. The maximum atomic E-state index is 11.2. The third-order valence-corrected chi connectivity index (χ3v) is 3.15. The monoisotopic (exact) mass is 267 g/mol. The Morgan fingerprint density at radius 3 is 2.47 bits per heavy atom. The first-order chi connectivity index (χ1) is 9.17. The predicted molar refractivity (Wildman–Crippen MR) is 69.8 cm³/mol. The molecule has 0 radical (unpaired) electrons. The van der Waals surface area contributed by atoms with Crippen molar-refractivity contribution in [2.24, 2.45) is 0 Å². The molecular weight excluding hydrogens is 250 g/mol. The Hall–Kier alpha value is -1.86. The minimum absolute atomic E-state index is 0.0406. The average Bonchev–Trinajstić information content (AvgIpc) is 2.46. The standard InChI is InChI=1S/C12H17N3O4/c1-18-11-5-8(9-7-13-3-4-14-9)10(15(16)17)6-12(11)19-2/h5-6,9,13-14H,3-4,7H2,1-2H3/t9-/m1/s1. The fourth-order valence-electron chi connectivity index (χ4n) is 2.19.